The van der Waals surface area contributed by atoms with Crippen molar-refractivity contribution in [2.24, 2.45) is 0 Å². The Morgan fingerprint density at radius 3 is 2.21 bits per heavy atom. The van der Waals surface area contributed by atoms with Gasteiger partial charge >= 0.3 is 0 Å². The third-order valence-electron chi connectivity index (χ3n) is 5.99. The number of nitrogens with zero attached hydrogens (tertiary/aromatic N) is 2. The number of carbonyl (C=O) groups excluding carboxylic acids is 2. The number of anilines is 1. The molecule has 1 N–H and O–H groups in total. The predicted octanol–water partition coefficient (Wildman–Crippen LogP) is 3.97. The van der Waals surface area contributed by atoms with Gasteiger partial charge in [0.1, 0.15) is 24.2 Å². The number of benzene rings is 3. The molecule has 8 nitrogen and oxygen atoms in total. The van der Waals surface area contributed by atoms with E-state index in [0.717, 1.165) is 4.31 Å². The number of rotatable bonds is 12. The summed E-state index contributed by atoms with van der Waals surface area (Å²) in [4.78, 5) is 27.8. The lowest BCUT2D eigenvalue weighted by Gasteiger charge is -2.32. The van der Waals surface area contributed by atoms with E-state index in [2.05, 4.69) is 5.32 Å². The van der Waals surface area contributed by atoms with Crippen LogP contribution in [0, 0.1) is 5.82 Å². The first-order chi connectivity index (χ1) is 18.2. The Morgan fingerprint density at radius 2 is 1.61 bits per heavy atom. The van der Waals surface area contributed by atoms with Gasteiger partial charge in [0.05, 0.1) is 17.7 Å². The highest BCUT2D eigenvalue weighted by molar-refractivity contribution is 7.92. The topological polar surface area (TPSA) is 96.0 Å². The number of nitrogens with one attached hydrogen (secondary N) is 1. The Balaban J connectivity index is 2.02. The van der Waals surface area contributed by atoms with Crippen LogP contribution in [-0.2, 0) is 26.2 Å². The van der Waals surface area contributed by atoms with E-state index in [1.807, 2.05) is 6.92 Å². The summed E-state index contributed by atoms with van der Waals surface area (Å²) in [5.74, 6) is -1.10. The lowest BCUT2D eigenvalue weighted by molar-refractivity contribution is -0.139. The molecule has 0 heterocycles. The van der Waals surface area contributed by atoms with Crippen LogP contribution in [0.4, 0.5) is 10.1 Å². The van der Waals surface area contributed by atoms with E-state index in [1.54, 1.807) is 36.4 Å². The molecule has 3 aromatic rings. The molecule has 0 aliphatic carbocycles. The molecule has 1 atom stereocenters. The molecule has 38 heavy (non-hydrogen) atoms. The lowest BCUT2D eigenvalue weighted by atomic mass is 10.1. The summed E-state index contributed by atoms with van der Waals surface area (Å²) < 4.78 is 48.1. The van der Waals surface area contributed by atoms with Crippen LogP contribution in [-0.4, -0.2) is 51.4 Å². The number of hydrogen-bond donors (Lipinski definition) is 1. The monoisotopic (exact) mass is 541 g/mol. The van der Waals surface area contributed by atoms with Gasteiger partial charge in [-0.05, 0) is 55.8 Å². The first-order valence-electron chi connectivity index (χ1n) is 12.2. The van der Waals surface area contributed by atoms with Crippen LogP contribution in [0.3, 0.4) is 0 Å². The Labute approximate surface area is 223 Å². The first kappa shape index (κ1) is 28.6. The fourth-order valence-corrected chi connectivity index (χ4v) is 5.22. The van der Waals surface area contributed by atoms with Gasteiger partial charge in [0, 0.05) is 18.7 Å². The zero-order chi connectivity index (χ0) is 27.7. The Bertz CT molecular complexity index is 1330. The van der Waals surface area contributed by atoms with Crippen molar-refractivity contribution in [1.29, 1.82) is 0 Å². The highest BCUT2D eigenvalue weighted by atomic mass is 32.2. The van der Waals surface area contributed by atoms with Crippen LogP contribution in [0.2, 0.25) is 0 Å². The number of ether oxygens (including phenoxy) is 1. The third-order valence-corrected chi connectivity index (χ3v) is 7.77. The summed E-state index contributed by atoms with van der Waals surface area (Å²) in [5, 5.41) is 2.75. The van der Waals surface area contributed by atoms with Crippen LogP contribution in [0.1, 0.15) is 25.8 Å². The van der Waals surface area contributed by atoms with Crippen molar-refractivity contribution in [3.05, 3.63) is 90.2 Å². The maximum atomic E-state index is 14.5. The summed E-state index contributed by atoms with van der Waals surface area (Å²) in [6, 6.07) is 19.0. The molecule has 0 bridgehead atoms. The molecule has 0 aliphatic heterocycles. The molecule has 3 rings (SSSR count). The van der Waals surface area contributed by atoms with E-state index in [-0.39, 0.29) is 22.7 Å². The van der Waals surface area contributed by atoms with Gasteiger partial charge < -0.3 is 15.0 Å². The van der Waals surface area contributed by atoms with Crippen molar-refractivity contribution >= 4 is 27.5 Å². The zero-order valence-electron chi connectivity index (χ0n) is 21.6. The number of carbonyl (C=O) groups is 2. The van der Waals surface area contributed by atoms with E-state index < -0.39 is 40.2 Å². The molecule has 0 saturated heterocycles. The molecule has 0 fully saturated rings. The molecular weight excluding hydrogens is 509 g/mol. The van der Waals surface area contributed by atoms with E-state index in [1.165, 1.54) is 61.4 Å². The highest BCUT2D eigenvalue weighted by Crippen LogP contribution is 2.26. The number of amides is 2. The number of methoxy groups -OCH3 is 1. The molecule has 10 heteroatoms. The Hall–Kier alpha value is -3.92. The van der Waals surface area contributed by atoms with Crippen molar-refractivity contribution in [1.82, 2.24) is 10.2 Å². The summed E-state index contributed by atoms with van der Waals surface area (Å²) in [6.45, 7) is 3.02. The highest BCUT2D eigenvalue weighted by Gasteiger charge is 2.32. The normalized spacial score (nSPS) is 11.9. The van der Waals surface area contributed by atoms with Crippen LogP contribution < -0.4 is 14.4 Å². The maximum Gasteiger partial charge on any atom is 0.264 e. The largest absolute Gasteiger partial charge is 0.497 e. The van der Waals surface area contributed by atoms with Gasteiger partial charge in [-0.3, -0.25) is 13.9 Å². The van der Waals surface area contributed by atoms with Crippen LogP contribution >= 0.6 is 0 Å². The predicted molar refractivity (Wildman–Crippen MR) is 144 cm³/mol. The minimum absolute atomic E-state index is 0.00184. The fourth-order valence-electron chi connectivity index (χ4n) is 3.79. The summed E-state index contributed by atoms with van der Waals surface area (Å²) in [7, 11) is -2.68. The average Bonchev–Trinajstić information content (AvgIpc) is 2.94. The number of hydrogen-bond acceptors (Lipinski definition) is 5. The maximum absolute atomic E-state index is 14.5. The molecule has 2 amide bonds. The van der Waals surface area contributed by atoms with Crippen molar-refractivity contribution in [3.63, 3.8) is 0 Å². The van der Waals surface area contributed by atoms with Crippen molar-refractivity contribution < 1.29 is 27.1 Å². The summed E-state index contributed by atoms with van der Waals surface area (Å²) in [5.41, 5.74) is 0.440. The minimum Gasteiger partial charge on any atom is -0.497 e. The number of halogens is 1. The minimum atomic E-state index is -4.17. The van der Waals surface area contributed by atoms with E-state index in [9.17, 15) is 22.4 Å². The summed E-state index contributed by atoms with van der Waals surface area (Å²) in [6.07, 6.45) is 0.695. The van der Waals surface area contributed by atoms with Gasteiger partial charge in [-0.15, -0.1) is 0 Å². The molecular formula is C28H32FN3O5S. The van der Waals surface area contributed by atoms with Crippen LogP contribution in [0.15, 0.2) is 83.8 Å². The molecule has 0 aromatic heterocycles. The van der Waals surface area contributed by atoms with E-state index >= 15 is 0 Å². The van der Waals surface area contributed by atoms with Gasteiger partial charge in [-0.1, -0.05) is 43.3 Å². The van der Waals surface area contributed by atoms with Gasteiger partial charge in [-0.2, -0.15) is 0 Å². The molecule has 0 aliphatic rings. The summed E-state index contributed by atoms with van der Waals surface area (Å²) >= 11 is 0. The third kappa shape index (κ3) is 6.89. The van der Waals surface area contributed by atoms with Gasteiger partial charge in [0.25, 0.3) is 10.0 Å². The van der Waals surface area contributed by atoms with Crippen LogP contribution in [0.25, 0.3) is 0 Å². The Morgan fingerprint density at radius 1 is 0.974 bits per heavy atom. The van der Waals surface area contributed by atoms with Crippen molar-refractivity contribution in [2.45, 2.75) is 37.8 Å². The fraction of sp³-hybridized carbons (Fsp3) is 0.286. The standard InChI is InChI=1S/C28H32FN3O5S/c1-4-18-30-28(34)21(2)31(19-22-10-8-9-13-26(22)29)27(33)20-32(23-14-16-24(37-3)17-15-23)38(35,36)25-11-6-5-7-12-25/h5-17,21H,4,18-20H2,1-3H3,(H,30,34). The van der Waals surface area contributed by atoms with Gasteiger partial charge in [0.15, 0.2) is 0 Å². The Kier molecular flexibility index (Phi) is 9.84. The molecule has 202 valence electrons. The second kappa shape index (κ2) is 13.0. The second-order valence-corrected chi connectivity index (χ2v) is 10.5. The average molecular weight is 542 g/mol. The molecule has 0 radical (unpaired) electrons. The van der Waals surface area contributed by atoms with Gasteiger partial charge in [0.2, 0.25) is 11.8 Å². The van der Waals surface area contributed by atoms with E-state index in [4.69, 9.17) is 4.74 Å². The zero-order valence-corrected chi connectivity index (χ0v) is 22.4. The van der Waals surface area contributed by atoms with Crippen molar-refractivity contribution in [2.75, 3.05) is 24.5 Å². The first-order valence-corrected chi connectivity index (χ1v) is 13.7. The molecule has 0 spiro atoms. The SMILES string of the molecule is CCCNC(=O)C(C)N(Cc1ccccc1F)C(=O)CN(c1ccc(OC)cc1)S(=O)(=O)c1ccccc1. The molecule has 0 saturated carbocycles. The quantitative estimate of drug-likeness (QED) is 0.374. The van der Waals surface area contributed by atoms with Crippen LogP contribution in [0.5, 0.6) is 5.75 Å². The second-order valence-electron chi connectivity index (χ2n) is 8.60. The lowest BCUT2D eigenvalue weighted by Crippen LogP contribution is -2.51. The van der Waals surface area contributed by atoms with Crippen molar-refractivity contribution in [3.8, 4) is 5.75 Å². The molecule has 1 unspecified atom stereocenters. The van der Waals surface area contributed by atoms with Gasteiger partial charge in [-0.25, -0.2) is 12.8 Å². The molecule has 3 aromatic carbocycles. The van der Waals surface area contributed by atoms with E-state index in [0.29, 0.717) is 18.7 Å². The number of sulfonamides is 1. The smallest absolute Gasteiger partial charge is 0.264 e.